The molecule has 0 aliphatic carbocycles. The van der Waals surface area contributed by atoms with Crippen molar-refractivity contribution in [1.29, 1.82) is 0 Å². The van der Waals surface area contributed by atoms with Crippen molar-refractivity contribution in [3.8, 4) is 28.3 Å². The van der Waals surface area contributed by atoms with E-state index in [0.29, 0.717) is 31.9 Å². The first kappa shape index (κ1) is 25.4. The summed E-state index contributed by atoms with van der Waals surface area (Å²) >= 11 is 0. The topological polar surface area (TPSA) is 72.7 Å². The average molecular weight is 538 g/mol. The first-order chi connectivity index (χ1) is 19.6. The molecule has 0 bridgehead atoms. The SMILES string of the molecule is COc1ccccc1-n1cc(-c2ccccc2)c2c(N3CCN(C(=O)COc4ccc(F)cc4)CC3)ncnc21. The third-order valence-electron chi connectivity index (χ3n) is 7.10. The van der Waals surface area contributed by atoms with Gasteiger partial charge in [0.1, 0.15) is 29.5 Å². The van der Waals surface area contributed by atoms with Gasteiger partial charge < -0.3 is 19.3 Å². The van der Waals surface area contributed by atoms with Gasteiger partial charge in [-0.1, -0.05) is 42.5 Å². The van der Waals surface area contributed by atoms with E-state index in [1.165, 1.54) is 24.3 Å². The molecule has 0 N–H and O–H groups in total. The maximum absolute atomic E-state index is 13.1. The molecule has 0 radical (unpaired) electrons. The summed E-state index contributed by atoms with van der Waals surface area (Å²) in [5.74, 6) is 1.58. The predicted octanol–water partition coefficient (Wildman–Crippen LogP) is 4.96. The Kier molecular flexibility index (Phi) is 7.01. The Morgan fingerprint density at radius 3 is 2.38 bits per heavy atom. The van der Waals surface area contributed by atoms with Gasteiger partial charge in [-0.2, -0.15) is 0 Å². The number of piperazine rings is 1. The molecule has 6 rings (SSSR count). The molecule has 5 aromatic rings. The summed E-state index contributed by atoms with van der Waals surface area (Å²) < 4.78 is 26.4. The van der Waals surface area contributed by atoms with Crippen LogP contribution < -0.4 is 14.4 Å². The molecule has 2 aromatic heterocycles. The molecule has 1 amide bonds. The van der Waals surface area contributed by atoms with Gasteiger partial charge >= 0.3 is 0 Å². The number of aromatic nitrogens is 3. The highest BCUT2D eigenvalue weighted by molar-refractivity contribution is 6.02. The molecule has 1 aliphatic rings. The number of carbonyl (C=O) groups is 1. The number of hydrogen-bond acceptors (Lipinski definition) is 6. The van der Waals surface area contributed by atoms with E-state index in [0.717, 1.165) is 39.4 Å². The van der Waals surface area contributed by atoms with E-state index in [2.05, 4.69) is 23.2 Å². The highest BCUT2D eigenvalue weighted by Gasteiger charge is 2.26. The minimum Gasteiger partial charge on any atom is -0.495 e. The van der Waals surface area contributed by atoms with Gasteiger partial charge in [-0.15, -0.1) is 0 Å². The van der Waals surface area contributed by atoms with Crippen LogP contribution in [0.3, 0.4) is 0 Å². The van der Waals surface area contributed by atoms with E-state index in [1.54, 1.807) is 18.3 Å². The molecule has 202 valence electrons. The number of methoxy groups -OCH3 is 1. The number of benzene rings is 3. The van der Waals surface area contributed by atoms with E-state index in [-0.39, 0.29) is 18.3 Å². The van der Waals surface area contributed by atoms with Gasteiger partial charge in [0, 0.05) is 37.9 Å². The summed E-state index contributed by atoms with van der Waals surface area (Å²) in [4.78, 5) is 26.2. The number of halogens is 1. The third-order valence-corrected chi connectivity index (χ3v) is 7.10. The zero-order valence-electron chi connectivity index (χ0n) is 22.0. The van der Waals surface area contributed by atoms with Crippen molar-refractivity contribution in [3.05, 3.63) is 97.2 Å². The Hall–Kier alpha value is -4.92. The lowest BCUT2D eigenvalue weighted by Gasteiger charge is -2.35. The minimum absolute atomic E-state index is 0.0939. The number of anilines is 1. The van der Waals surface area contributed by atoms with Crippen LogP contribution >= 0.6 is 0 Å². The van der Waals surface area contributed by atoms with Crippen molar-refractivity contribution in [1.82, 2.24) is 19.4 Å². The molecule has 8 nitrogen and oxygen atoms in total. The maximum atomic E-state index is 13.1. The van der Waals surface area contributed by atoms with E-state index in [1.807, 2.05) is 47.0 Å². The van der Waals surface area contributed by atoms with Crippen LogP contribution in [0.25, 0.3) is 27.8 Å². The molecule has 3 heterocycles. The molecular weight excluding hydrogens is 509 g/mol. The molecule has 3 aromatic carbocycles. The van der Waals surface area contributed by atoms with Gasteiger partial charge in [-0.25, -0.2) is 14.4 Å². The molecule has 9 heteroatoms. The van der Waals surface area contributed by atoms with Crippen LogP contribution in [0.15, 0.2) is 91.4 Å². The highest BCUT2D eigenvalue weighted by atomic mass is 19.1. The van der Waals surface area contributed by atoms with E-state index in [4.69, 9.17) is 19.4 Å². The first-order valence-electron chi connectivity index (χ1n) is 13.1. The minimum atomic E-state index is -0.345. The van der Waals surface area contributed by atoms with Gasteiger partial charge in [0.05, 0.1) is 18.2 Å². The van der Waals surface area contributed by atoms with Crippen LogP contribution in [-0.2, 0) is 4.79 Å². The van der Waals surface area contributed by atoms with Crippen molar-refractivity contribution >= 4 is 22.8 Å². The number of carbonyl (C=O) groups excluding carboxylic acids is 1. The number of para-hydroxylation sites is 2. The van der Waals surface area contributed by atoms with Crippen LogP contribution in [0.2, 0.25) is 0 Å². The lowest BCUT2D eigenvalue weighted by Crippen LogP contribution is -2.50. The lowest BCUT2D eigenvalue weighted by molar-refractivity contribution is -0.133. The summed E-state index contributed by atoms with van der Waals surface area (Å²) in [5.41, 5.74) is 3.74. The molecule has 0 unspecified atom stereocenters. The number of rotatable bonds is 7. The fraction of sp³-hybridized carbons (Fsp3) is 0.194. The number of amides is 1. The Morgan fingerprint density at radius 2 is 1.62 bits per heavy atom. The number of fused-ring (bicyclic) bond motifs is 1. The Labute approximate surface area is 231 Å². The third kappa shape index (κ3) is 4.93. The molecule has 40 heavy (non-hydrogen) atoms. The first-order valence-corrected chi connectivity index (χ1v) is 13.1. The summed E-state index contributed by atoms with van der Waals surface area (Å²) in [5, 5.41) is 0.944. The summed E-state index contributed by atoms with van der Waals surface area (Å²) in [6.07, 6.45) is 3.68. The van der Waals surface area contributed by atoms with Crippen LogP contribution in [0.1, 0.15) is 0 Å². The second-order valence-corrected chi connectivity index (χ2v) is 9.46. The quantitative estimate of drug-likeness (QED) is 0.292. The molecule has 1 saturated heterocycles. The monoisotopic (exact) mass is 537 g/mol. The summed E-state index contributed by atoms with van der Waals surface area (Å²) in [7, 11) is 1.66. The molecule has 0 saturated carbocycles. The van der Waals surface area contributed by atoms with E-state index in [9.17, 15) is 9.18 Å². The van der Waals surface area contributed by atoms with Crippen molar-refractivity contribution in [3.63, 3.8) is 0 Å². The lowest BCUT2D eigenvalue weighted by atomic mass is 10.1. The van der Waals surface area contributed by atoms with Crippen LogP contribution in [0, 0.1) is 5.82 Å². The smallest absolute Gasteiger partial charge is 0.260 e. The maximum Gasteiger partial charge on any atom is 0.260 e. The fourth-order valence-electron chi connectivity index (χ4n) is 5.07. The van der Waals surface area contributed by atoms with E-state index < -0.39 is 0 Å². The fourth-order valence-corrected chi connectivity index (χ4v) is 5.07. The largest absolute Gasteiger partial charge is 0.495 e. The summed E-state index contributed by atoms with van der Waals surface area (Å²) in [6, 6.07) is 23.7. The molecular formula is C31H28FN5O3. The molecule has 1 fully saturated rings. The number of hydrogen-bond donors (Lipinski definition) is 0. The predicted molar refractivity (Wildman–Crippen MR) is 152 cm³/mol. The second kappa shape index (κ2) is 11.1. The van der Waals surface area contributed by atoms with Gasteiger partial charge in [0.25, 0.3) is 5.91 Å². The van der Waals surface area contributed by atoms with Gasteiger partial charge in [0.15, 0.2) is 12.3 Å². The standard InChI is InChI=1S/C31H28FN5O3/c1-39-27-10-6-5-9-26(27)37-19-25(22-7-3-2-4-8-22)29-30(33-21-34-31(29)37)36-17-15-35(16-18-36)28(38)20-40-24-13-11-23(32)12-14-24/h2-14,19,21H,15-18,20H2,1H3. The molecule has 1 aliphatic heterocycles. The number of ether oxygens (including phenoxy) is 2. The van der Waals surface area contributed by atoms with Gasteiger partial charge in [-0.3, -0.25) is 9.36 Å². The Morgan fingerprint density at radius 1 is 0.900 bits per heavy atom. The average Bonchev–Trinajstić information content (AvgIpc) is 3.41. The van der Waals surface area contributed by atoms with Crippen molar-refractivity contribution < 1.29 is 18.7 Å². The van der Waals surface area contributed by atoms with Crippen LogP contribution in [0.5, 0.6) is 11.5 Å². The molecule has 0 spiro atoms. The zero-order valence-corrected chi connectivity index (χ0v) is 22.0. The zero-order chi connectivity index (χ0) is 27.5. The highest BCUT2D eigenvalue weighted by Crippen LogP contribution is 2.38. The Balaban J connectivity index is 1.28. The normalized spacial score (nSPS) is 13.4. The Bertz CT molecular complexity index is 1630. The van der Waals surface area contributed by atoms with Gasteiger partial charge in [0.2, 0.25) is 0 Å². The summed E-state index contributed by atoms with van der Waals surface area (Å²) in [6.45, 7) is 2.20. The van der Waals surface area contributed by atoms with Gasteiger partial charge in [-0.05, 0) is 42.0 Å². The van der Waals surface area contributed by atoms with Crippen molar-refractivity contribution in [2.75, 3.05) is 44.8 Å². The van der Waals surface area contributed by atoms with Crippen molar-refractivity contribution in [2.45, 2.75) is 0 Å². The van der Waals surface area contributed by atoms with E-state index >= 15 is 0 Å². The second-order valence-electron chi connectivity index (χ2n) is 9.46. The molecule has 0 atom stereocenters. The van der Waals surface area contributed by atoms with Crippen LogP contribution in [0.4, 0.5) is 10.2 Å². The number of nitrogens with zero attached hydrogens (tertiary/aromatic N) is 5. The van der Waals surface area contributed by atoms with Crippen molar-refractivity contribution in [2.24, 2.45) is 0 Å². The van der Waals surface area contributed by atoms with Crippen LogP contribution in [-0.4, -0.2) is 65.2 Å².